The van der Waals surface area contributed by atoms with Crippen LogP contribution in [0.5, 0.6) is 0 Å². The first-order valence-electron chi connectivity index (χ1n) is 7.09. The molecule has 0 bridgehead atoms. The van der Waals surface area contributed by atoms with E-state index in [4.69, 9.17) is 5.11 Å². The van der Waals surface area contributed by atoms with Gasteiger partial charge in [-0.15, -0.1) is 0 Å². The lowest BCUT2D eigenvalue weighted by Gasteiger charge is -2.06. The summed E-state index contributed by atoms with van der Waals surface area (Å²) in [6.07, 6.45) is 5.08. The summed E-state index contributed by atoms with van der Waals surface area (Å²) in [6, 6.07) is 7.80. The molecule has 1 N–H and O–H groups in total. The van der Waals surface area contributed by atoms with Crippen molar-refractivity contribution in [2.45, 2.75) is 39.2 Å². The Morgan fingerprint density at radius 2 is 1.86 bits per heavy atom. The average molecular weight is 288 g/mol. The van der Waals surface area contributed by atoms with Crippen LogP contribution in [0.25, 0.3) is 5.69 Å². The van der Waals surface area contributed by atoms with Gasteiger partial charge < -0.3 is 5.11 Å². The Balaban J connectivity index is 2.12. The third kappa shape index (κ3) is 3.62. The summed E-state index contributed by atoms with van der Waals surface area (Å²) in [4.78, 5) is 22.7. The molecular weight excluding hydrogens is 268 g/mol. The number of carboxylic acids is 1. The highest BCUT2D eigenvalue weighted by molar-refractivity contribution is 5.66. The third-order valence-corrected chi connectivity index (χ3v) is 3.43. The van der Waals surface area contributed by atoms with Gasteiger partial charge in [-0.25, -0.2) is 4.79 Å². The van der Waals surface area contributed by atoms with Gasteiger partial charge in [-0.3, -0.25) is 13.9 Å². The van der Waals surface area contributed by atoms with Crippen molar-refractivity contribution < 1.29 is 9.90 Å². The van der Waals surface area contributed by atoms with Gasteiger partial charge >= 0.3 is 11.7 Å². The van der Waals surface area contributed by atoms with Crippen molar-refractivity contribution >= 4 is 5.97 Å². The number of aryl methyl sites for hydroxylation is 1. The number of imidazole rings is 1. The van der Waals surface area contributed by atoms with Crippen molar-refractivity contribution in [3.8, 4) is 5.69 Å². The number of rotatable bonds is 6. The van der Waals surface area contributed by atoms with Crippen LogP contribution in [0, 0.1) is 0 Å². The summed E-state index contributed by atoms with van der Waals surface area (Å²) in [7, 11) is 0. The van der Waals surface area contributed by atoms with Crippen molar-refractivity contribution in [2.24, 2.45) is 0 Å². The molecule has 0 saturated heterocycles. The van der Waals surface area contributed by atoms with Crippen LogP contribution in [0.3, 0.4) is 0 Å². The van der Waals surface area contributed by atoms with Crippen molar-refractivity contribution in [3.05, 3.63) is 52.7 Å². The Morgan fingerprint density at radius 1 is 1.19 bits per heavy atom. The van der Waals surface area contributed by atoms with Crippen molar-refractivity contribution in [1.29, 1.82) is 0 Å². The molecule has 5 heteroatoms. The van der Waals surface area contributed by atoms with Gasteiger partial charge in [0.15, 0.2) is 0 Å². The van der Waals surface area contributed by atoms with Crippen molar-refractivity contribution in [3.63, 3.8) is 0 Å². The van der Waals surface area contributed by atoms with Gasteiger partial charge in [0.2, 0.25) is 0 Å². The van der Waals surface area contributed by atoms with Crippen molar-refractivity contribution in [1.82, 2.24) is 9.13 Å². The van der Waals surface area contributed by atoms with Crippen LogP contribution >= 0.6 is 0 Å². The van der Waals surface area contributed by atoms with Crippen LogP contribution in [0.1, 0.15) is 38.3 Å². The van der Waals surface area contributed by atoms with E-state index in [2.05, 4.69) is 0 Å². The van der Waals surface area contributed by atoms with Gasteiger partial charge in [0.05, 0.1) is 5.69 Å². The molecule has 2 aromatic rings. The van der Waals surface area contributed by atoms with Gasteiger partial charge in [-0.2, -0.15) is 0 Å². The standard InChI is InChI=1S/C16H20N2O3/c1-12(2)17-10-11-18(16(17)21)14-8-6-13(7-9-14)4-3-5-15(19)20/h6-12H,3-5H2,1-2H3,(H,19,20). The Labute approximate surface area is 123 Å². The third-order valence-electron chi connectivity index (χ3n) is 3.43. The maximum absolute atomic E-state index is 12.2. The van der Waals surface area contributed by atoms with E-state index in [9.17, 15) is 9.59 Å². The van der Waals surface area contributed by atoms with Crippen LogP contribution in [0.2, 0.25) is 0 Å². The Kier molecular flexibility index (Phi) is 4.62. The molecule has 0 radical (unpaired) electrons. The fraction of sp³-hybridized carbons (Fsp3) is 0.375. The number of benzene rings is 1. The van der Waals surface area contributed by atoms with E-state index in [1.165, 1.54) is 0 Å². The largest absolute Gasteiger partial charge is 0.481 e. The van der Waals surface area contributed by atoms with Gasteiger partial charge in [-0.05, 0) is 44.4 Å². The first-order valence-corrected chi connectivity index (χ1v) is 7.09. The highest BCUT2D eigenvalue weighted by atomic mass is 16.4. The fourth-order valence-corrected chi connectivity index (χ4v) is 2.25. The van der Waals surface area contributed by atoms with Crippen LogP contribution in [0.15, 0.2) is 41.5 Å². The molecule has 0 spiro atoms. The molecule has 0 saturated carbocycles. The summed E-state index contributed by atoms with van der Waals surface area (Å²) >= 11 is 0. The number of hydrogen-bond acceptors (Lipinski definition) is 2. The Bertz CT molecular complexity index is 666. The second-order valence-corrected chi connectivity index (χ2v) is 5.37. The van der Waals surface area contributed by atoms with Crippen LogP contribution in [-0.2, 0) is 11.2 Å². The second-order valence-electron chi connectivity index (χ2n) is 5.37. The maximum atomic E-state index is 12.2. The number of carboxylic acid groups (broad SMARTS) is 1. The zero-order chi connectivity index (χ0) is 15.4. The molecule has 0 unspecified atom stereocenters. The second kappa shape index (κ2) is 6.43. The zero-order valence-corrected chi connectivity index (χ0v) is 12.3. The number of hydrogen-bond donors (Lipinski definition) is 1. The van der Waals surface area contributed by atoms with E-state index in [1.54, 1.807) is 21.5 Å². The van der Waals surface area contributed by atoms with E-state index < -0.39 is 5.97 Å². The molecule has 0 amide bonds. The molecule has 1 aromatic heterocycles. The van der Waals surface area contributed by atoms with Gasteiger partial charge in [0, 0.05) is 24.9 Å². The van der Waals surface area contributed by atoms with E-state index in [1.807, 2.05) is 38.1 Å². The molecule has 5 nitrogen and oxygen atoms in total. The number of aromatic nitrogens is 2. The number of nitrogens with zero attached hydrogens (tertiary/aromatic N) is 2. The summed E-state index contributed by atoms with van der Waals surface area (Å²) in [5.41, 5.74) is 1.85. The molecule has 0 atom stereocenters. The zero-order valence-electron chi connectivity index (χ0n) is 12.3. The summed E-state index contributed by atoms with van der Waals surface area (Å²) in [5, 5.41) is 8.62. The maximum Gasteiger partial charge on any atom is 0.332 e. The highest BCUT2D eigenvalue weighted by Crippen LogP contribution is 2.11. The SMILES string of the molecule is CC(C)n1ccn(-c2ccc(CCCC(=O)O)cc2)c1=O. The minimum Gasteiger partial charge on any atom is -0.481 e. The minimum absolute atomic E-state index is 0.0522. The molecule has 0 aliphatic heterocycles. The quantitative estimate of drug-likeness (QED) is 0.888. The van der Waals surface area contributed by atoms with Gasteiger partial charge in [0.25, 0.3) is 0 Å². The molecule has 112 valence electrons. The number of carbonyl (C=O) groups is 1. The first-order chi connectivity index (χ1) is 9.99. The molecule has 1 heterocycles. The summed E-state index contributed by atoms with van der Waals surface area (Å²) < 4.78 is 3.29. The summed E-state index contributed by atoms with van der Waals surface area (Å²) in [6.45, 7) is 3.94. The Morgan fingerprint density at radius 3 is 2.38 bits per heavy atom. The normalized spacial score (nSPS) is 11.0. The van der Waals surface area contributed by atoms with Crippen LogP contribution in [-0.4, -0.2) is 20.2 Å². The molecule has 0 aliphatic rings. The van der Waals surface area contributed by atoms with E-state index in [0.29, 0.717) is 6.42 Å². The van der Waals surface area contributed by atoms with Gasteiger partial charge in [-0.1, -0.05) is 12.1 Å². The van der Waals surface area contributed by atoms with Crippen molar-refractivity contribution in [2.75, 3.05) is 0 Å². The van der Waals surface area contributed by atoms with Crippen LogP contribution in [0.4, 0.5) is 0 Å². The minimum atomic E-state index is -0.770. The lowest BCUT2D eigenvalue weighted by atomic mass is 10.1. The molecule has 2 rings (SSSR count). The smallest absolute Gasteiger partial charge is 0.332 e. The molecule has 1 aromatic carbocycles. The monoisotopic (exact) mass is 288 g/mol. The molecular formula is C16H20N2O3. The predicted molar refractivity (Wildman–Crippen MR) is 81.0 cm³/mol. The molecule has 0 aliphatic carbocycles. The lowest BCUT2D eigenvalue weighted by Crippen LogP contribution is -2.24. The van der Waals surface area contributed by atoms with Gasteiger partial charge in [0.1, 0.15) is 0 Å². The summed E-state index contributed by atoms with van der Waals surface area (Å²) in [5.74, 6) is -0.770. The highest BCUT2D eigenvalue weighted by Gasteiger charge is 2.07. The number of aliphatic carboxylic acids is 1. The molecule has 0 fully saturated rings. The average Bonchev–Trinajstić information content (AvgIpc) is 2.81. The van der Waals surface area contributed by atoms with E-state index in [-0.39, 0.29) is 18.2 Å². The lowest BCUT2D eigenvalue weighted by molar-refractivity contribution is -0.137. The predicted octanol–water partition coefficient (Wildman–Crippen LogP) is 2.63. The molecule has 21 heavy (non-hydrogen) atoms. The fourth-order valence-electron chi connectivity index (χ4n) is 2.25. The van der Waals surface area contributed by atoms with Crippen LogP contribution < -0.4 is 5.69 Å². The topological polar surface area (TPSA) is 64.2 Å². The van der Waals surface area contributed by atoms with E-state index >= 15 is 0 Å². The Hall–Kier alpha value is -2.30. The van der Waals surface area contributed by atoms with E-state index in [0.717, 1.165) is 17.7 Å². The first kappa shape index (κ1) is 15.1.